The Hall–Kier alpha value is -3.56. The second kappa shape index (κ2) is 14.0. The molecule has 8 nitrogen and oxygen atoms in total. The molecule has 3 aromatic carbocycles. The molecular formula is C29H34ClN3O5S. The van der Waals surface area contributed by atoms with Crippen LogP contribution in [0.4, 0.5) is 5.69 Å². The smallest absolute Gasteiger partial charge is 0.264 e. The Balaban J connectivity index is 2.02. The van der Waals surface area contributed by atoms with Gasteiger partial charge < -0.3 is 15.0 Å². The summed E-state index contributed by atoms with van der Waals surface area (Å²) in [6.07, 6.45) is 1.10. The van der Waals surface area contributed by atoms with Crippen molar-refractivity contribution in [1.29, 1.82) is 0 Å². The van der Waals surface area contributed by atoms with Crippen molar-refractivity contribution in [3.8, 4) is 5.75 Å². The van der Waals surface area contributed by atoms with E-state index in [4.69, 9.17) is 16.3 Å². The maximum atomic E-state index is 14.0. The molecule has 10 heteroatoms. The molecule has 1 N–H and O–H groups in total. The van der Waals surface area contributed by atoms with Crippen LogP contribution in [0.25, 0.3) is 0 Å². The van der Waals surface area contributed by atoms with Crippen molar-refractivity contribution in [2.45, 2.75) is 44.2 Å². The first kappa shape index (κ1) is 30.0. The Bertz CT molecular complexity index is 1330. The Labute approximate surface area is 235 Å². The van der Waals surface area contributed by atoms with Gasteiger partial charge in [-0.15, -0.1) is 0 Å². The van der Waals surface area contributed by atoms with Gasteiger partial charge in [0.1, 0.15) is 18.3 Å². The minimum Gasteiger partial charge on any atom is -0.497 e. The number of sulfonamides is 1. The molecule has 0 bridgehead atoms. The number of anilines is 1. The van der Waals surface area contributed by atoms with Crippen LogP contribution in [-0.4, -0.2) is 51.4 Å². The standard InChI is InChI=1S/C29H34ClN3O5S/c1-4-19-31-29(35)27(5-2)32(20-22-11-17-25(38-3)18-12-22)28(34)21-33(24-15-13-23(30)14-16-24)39(36,37)26-9-7-6-8-10-26/h6-18,27H,4-5,19-21H2,1-3H3,(H,31,35)/t27-/m0/s1. The van der Waals surface area contributed by atoms with E-state index in [1.807, 2.05) is 26.0 Å². The highest BCUT2D eigenvalue weighted by molar-refractivity contribution is 7.92. The predicted molar refractivity (Wildman–Crippen MR) is 153 cm³/mol. The van der Waals surface area contributed by atoms with E-state index in [9.17, 15) is 18.0 Å². The molecular weight excluding hydrogens is 538 g/mol. The van der Waals surface area contributed by atoms with E-state index in [0.29, 0.717) is 23.7 Å². The number of carbonyl (C=O) groups is 2. The first-order chi connectivity index (χ1) is 18.7. The fourth-order valence-corrected chi connectivity index (χ4v) is 5.63. The quantitative estimate of drug-likeness (QED) is 0.315. The zero-order chi connectivity index (χ0) is 28.4. The first-order valence-corrected chi connectivity index (χ1v) is 14.6. The Morgan fingerprint density at radius 3 is 2.15 bits per heavy atom. The van der Waals surface area contributed by atoms with Crippen LogP contribution >= 0.6 is 11.6 Å². The molecule has 0 aliphatic carbocycles. The van der Waals surface area contributed by atoms with Crippen molar-refractivity contribution in [2.24, 2.45) is 0 Å². The van der Waals surface area contributed by atoms with Gasteiger partial charge >= 0.3 is 0 Å². The van der Waals surface area contributed by atoms with E-state index < -0.39 is 28.5 Å². The molecule has 0 fully saturated rings. The topological polar surface area (TPSA) is 96.0 Å². The average molecular weight is 572 g/mol. The van der Waals surface area contributed by atoms with Crippen LogP contribution in [0.15, 0.2) is 83.8 Å². The van der Waals surface area contributed by atoms with Crippen LogP contribution in [0.3, 0.4) is 0 Å². The predicted octanol–water partition coefficient (Wildman–Crippen LogP) is 4.88. The second-order valence-electron chi connectivity index (χ2n) is 8.89. The summed E-state index contributed by atoms with van der Waals surface area (Å²) in [5, 5.41) is 3.30. The average Bonchev–Trinajstić information content (AvgIpc) is 2.95. The molecule has 1 atom stereocenters. The van der Waals surface area contributed by atoms with E-state index in [0.717, 1.165) is 16.3 Å². The summed E-state index contributed by atoms with van der Waals surface area (Å²) >= 11 is 6.06. The zero-order valence-electron chi connectivity index (χ0n) is 22.3. The third-order valence-corrected chi connectivity index (χ3v) is 8.21. The maximum Gasteiger partial charge on any atom is 0.264 e. The minimum absolute atomic E-state index is 0.0437. The maximum absolute atomic E-state index is 14.0. The van der Waals surface area contributed by atoms with Gasteiger partial charge in [-0.1, -0.05) is 55.8 Å². The fourth-order valence-electron chi connectivity index (χ4n) is 4.07. The third-order valence-electron chi connectivity index (χ3n) is 6.17. The van der Waals surface area contributed by atoms with Crippen LogP contribution in [0, 0.1) is 0 Å². The highest BCUT2D eigenvalue weighted by Gasteiger charge is 2.33. The van der Waals surface area contributed by atoms with Gasteiger partial charge in [-0.2, -0.15) is 0 Å². The number of benzene rings is 3. The largest absolute Gasteiger partial charge is 0.497 e. The monoisotopic (exact) mass is 571 g/mol. The fraction of sp³-hybridized carbons (Fsp3) is 0.310. The normalized spacial score (nSPS) is 11.9. The molecule has 0 radical (unpaired) electrons. The Morgan fingerprint density at radius 1 is 0.949 bits per heavy atom. The lowest BCUT2D eigenvalue weighted by Crippen LogP contribution is -2.52. The molecule has 0 aliphatic heterocycles. The molecule has 39 heavy (non-hydrogen) atoms. The van der Waals surface area contributed by atoms with Crippen LogP contribution in [0.2, 0.25) is 5.02 Å². The lowest BCUT2D eigenvalue weighted by Gasteiger charge is -2.33. The molecule has 0 unspecified atom stereocenters. The summed E-state index contributed by atoms with van der Waals surface area (Å²) in [5.74, 6) is -0.142. The molecule has 0 spiro atoms. The van der Waals surface area contributed by atoms with Crippen molar-refractivity contribution in [3.63, 3.8) is 0 Å². The molecule has 0 saturated heterocycles. The zero-order valence-corrected chi connectivity index (χ0v) is 23.9. The molecule has 0 aliphatic rings. The van der Waals surface area contributed by atoms with Crippen molar-refractivity contribution < 1.29 is 22.7 Å². The van der Waals surface area contributed by atoms with Gasteiger partial charge in [0.25, 0.3) is 10.0 Å². The summed E-state index contributed by atoms with van der Waals surface area (Å²) in [4.78, 5) is 28.6. The third kappa shape index (κ3) is 7.74. The number of amides is 2. The highest BCUT2D eigenvalue weighted by Crippen LogP contribution is 2.26. The van der Waals surface area contributed by atoms with Crippen molar-refractivity contribution in [3.05, 3.63) is 89.4 Å². The number of halogens is 1. The van der Waals surface area contributed by atoms with Crippen LogP contribution in [-0.2, 0) is 26.2 Å². The van der Waals surface area contributed by atoms with Gasteiger partial charge in [-0.05, 0) is 66.9 Å². The number of methoxy groups -OCH3 is 1. The first-order valence-electron chi connectivity index (χ1n) is 12.7. The number of carbonyl (C=O) groups excluding carboxylic acids is 2. The Kier molecular flexibility index (Phi) is 10.8. The number of nitrogens with zero attached hydrogens (tertiary/aromatic N) is 2. The van der Waals surface area contributed by atoms with Crippen LogP contribution < -0.4 is 14.4 Å². The molecule has 0 heterocycles. The number of rotatable bonds is 13. The Morgan fingerprint density at radius 2 is 1.59 bits per heavy atom. The molecule has 208 valence electrons. The van der Waals surface area contributed by atoms with Crippen LogP contribution in [0.1, 0.15) is 32.3 Å². The van der Waals surface area contributed by atoms with Gasteiger partial charge in [0.05, 0.1) is 17.7 Å². The van der Waals surface area contributed by atoms with E-state index in [2.05, 4.69) is 5.32 Å². The van der Waals surface area contributed by atoms with E-state index in [1.54, 1.807) is 61.7 Å². The van der Waals surface area contributed by atoms with Crippen LogP contribution in [0.5, 0.6) is 5.75 Å². The highest BCUT2D eigenvalue weighted by atomic mass is 35.5. The van der Waals surface area contributed by atoms with Crippen molar-refractivity contribution >= 4 is 39.1 Å². The lowest BCUT2D eigenvalue weighted by molar-refractivity contribution is -0.140. The van der Waals surface area contributed by atoms with Gasteiger partial charge in [-0.3, -0.25) is 13.9 Å². The number of hydrogen-bond donors (Lipinski definition) is 1. The summed E-state index contributed by atoms with van der Waals surface area (Å²) in [6.45, 7) is 3.84. The molecule has 2 amide bonds. The summed E-state index contributed by atoms with van der Waals surface area (Å²) < 4.78 is 33.8. The van der Waals surface area contributed by atoms with E-state index in [-0.39, 0.29) is 23.0 Å². The molecule has 3 aromatic rings. The van der Waals surface area contributed by atoms with Crippen molar-refractivity contribution in [1.82, 2.24) is 10.2 Å². The summed E-state index contributed by atoms with van der Waals surface area (Å²) in [5.41, 5.74) is 1.05. The summed E-state index contributed by atoms with van der Waals surface area (Å²) in [7, 11) is -2.55. The number of ether oxygens (including phenoxy) is 1. The molecule has 0 saturated carbocycles. The van der Waals surface area contributed by atoms with E-state index in [1.165, 1.54) is 17.0 Å². The van der Waals surface area contributed by atoms with Gasteiger partial charge in [0.2, 0.25) is 11.8 Å². The van der Waals surface area contributed by atoms with Gasteiger partial charge in [0, 0.05) is 18.1 Å². The molecule has 3 rings (SSSR count). The van der Waals surface area contributed by atoms with Gasteiger partial charge in [-0.25, -0.2) is 8.42 Å². The number of nitrogens with one attached hydrogen (secondary N) is 1. The van der Waals surface area contributed by atoms with Crippen molar-refractivity contribution in [2.75, 3.05) is 24.5 Å². The van der Waals surface area contributed by atoms with E-state index >= 15 is 0 Å². The molecule has 0 aromatic heterocycles. The minimum atomic E-state index is -4.12. The lowest BCUT2D eigenvalue weighted by atomic mass is 10.1. The SMILES string of the molecule is CCCNC(=O)[C@H](CC)N(Cc1ccc(OC)cc1)C(=O)CN(c1ccc(Cl)cc1)S(=O)(=O)c1ccccc1. The second-order valence-corrected chi connectivity index (χ2v) is 11.2. The van der Waals surface area contributed by atoms with Gasteiger partial charge in [0.15, 0.2) is 0 Å². The number of hydrogen-bond acceptors (Lipinski definition) is 5. The summed E-state index contributed by atoms with van der Waals surface area (Å²) in [6, 6.07) is 20.5.